The quantitative estimate of drug-likeness (QED) is 0.765. The molecular weight excluding hydrogens is 215 g/mol. The van der Waals surface area contributed by atoms with E-state index in [9.17, 15) is 4.39 Å². The van der Waals surface area contributed by atoms with Gasteiger partial charge in [0, 0.05) is 0 Å². The Hall–Kier alpha value is -1.83. The first-order chi connectivity index (χ1) is 8.18. The van der Waals surface area contributed by atoms with Crippen molar-refractivity contribution in [1.29, 1.82) is 0 Å². The highest BCUT2D eigenvalue weighted by molar-refractivity contribution is 5.31. The van der Waals surface area contributed by atoms with Crippen LogP contribution >= 0.6 is 0 Å². The van der Waals surface area contributed by atoms with Crippen molar-refractivity contribution in [3.05, 3.63) is 65.5 Å². The summed E-state index contributed by atoms with van der Waals surface area (Å²) in [7, 11) is 0. The SMILES string of the molecule is Cc1cccc(OC(C)c2ccccc2)c1F. The third-order valence-electron chi connectivity index (χ3n) is 2.73. The maximum absolute atomic E-state index is 13.8. The molecule has 0 saturated heterocycles. The summed E-state index contributed by atoms with van der Waals surface area (Å²) in [6.45, 7) is 3.65. The van der Waals surface area contributed by atoms with Gasteiger partial charge in [-0.25, -0.2) is 4.39 Å². The third kappa shape index (κ3) is 2.64. The summed E-state index contributed by atoms with van der Waals surface area (Å²) >= 11 is 0. The molecule has 0 aliphatic rings. The van der Waals surface area contributed by atoms with E-state index in [0.717, 1.165) is 5.56 Å². The lowest BCUT2D eigenvalue weighted by atomic mass is 10.1. The third-order valence-corrected chi connectivity index (χ3v) is 2.73. The van der Waals surface area contributed by atoms with Gasteiger partial charge in [0.05, 0.1) is 0 Å². The van der Waals surface area contributed by atoms with Crippen molar-refractivity contribution >= 4 is 0 Å². The van der Waals surface area contributed by atoms with Gasteiger partial charge in [0.25, 0.3) is 0 Å². The Kier molecular flexibility index (Phi) is 3.43. The molecule has 0 N–H and O–H groups in total. The fourth-order valence-corrected chi connectivity index (χ4v) is 1.69. The first kappa shape index (κ1) is 11.6. The monoisotopic (exact) mass is 230 g/mol. The van der Waals surface area contributed by atoms with Crippen LogP contribution in [-0.4, -0.2) is 0 Å². The van der Waals surface area contributed by atoms with E-state index in [4.69, 9.17) is 4.74 Å². The molecule has 0 radical (unpaired) electrons. The second-order valence-corrected chi connectivity index (χ2v) is 4.06. The Morgan fingerprint density at radius 2 is 1.71 bits per heavy atom. The number of aryl methyl sites for hydroxylation is 1. The first-order valence-corrected chi connectivity index (χ1v) is 5.65. The summed E-state index contributed by atoms with van der Waals surface area (Å²) in [5.41, 5.74) is 1.64. The summed E-state index contributed by atoms with van der Waals surface area (Å²) in [5.74, 6) is 0.0247. The van der Waals surface area contributed by atoms with Crippen molar-refractivity contribution in [2.45, 2.75) is 20.0 Å². The summed E-state index contributed by atoms with van der Waals surface area (Å²) in [6.07, 6.45) is -0.160. The molecule has 0 heterocycles. The van der Waals surface area contributed by atoms with Gasteiger partial charge in [-0.3, -0.25) is 0 Å². The number of halogens is 1. The van der Waals surface area contributed by atoms with Gasteiger partial charge in [0.1, 0.15) is 6.10 Å². The van der Waals surface area contributed by atoms with Gasteiger partial charge in [-0.2, -0.15) is 0 Å². The molecule has 0 aromatic heterocycles. The molecule has 0 amide bonds. The number of rotatable bonds is 3. The molecule has 0 spiro atoms. The lowest BCUT2D eigenvalue weighted by molar-refractivity contribution is 0.216. The van der Waals surface area contributed by atoms with E-state index in [1.54, 1.807) is 25.1 Å². The minimum atomic E-state index is -0.282. The summed E-state index contributed by atoms with van der Waals surface area (Å²) < 4.78 is 19.4. The number of hydrogen-bond acceptors (Lipinski definition) is 1. The Morgan fingerprint density at radius 1 is 1.00 bits per heavy atom. The van der Waals surface area contributed by atoms with E-state index < -0.39 is 0 Å². The predicted molar refractivity (Wildman–Crippen MR) is 66.6 cm³/mol. The number of hydrogen-bond donors (Lipinski definition) is 0. The maximum Gasteiger partial charge on any atom is 0.167 e. The van der Waals surface area contributed by atoms with Crippen LogP contribution in [0.3, 0.4) is 0 Å². The molecule has 0 bridgehead atoms. The zero-order chi connectivity index (χ0) is 12.3. The van der Waals surface area contributed by atoms with Crippen molar-refractivity contribution < 1.29 is 9.13 Å². The summed E-state index contributed by atoms with van der Waals surface area (Å²) in [4.78, 5) is 0. The molecule has 2 rings (SSSR count). The van der Waals surface area contributed by atoms with Gasteiger partial charge < -0.3 is 4.74 Å². The van der Waals surface area contributed by atoms with Crippen molar-refractivity contribution in [3.63, 3.8) is 0 Å². The summed E-state index contributed by atoms with van der Waals surface area (Å²) in [6, 6.07) is 15.0. The van der Waals surface area contributed by atoms with Crippen LogP contribution < -0.4 is 4.74 Å². The van der Waals surface area contributed by atoms with Gasteiger partial charge in [-0.05, 0) is 31.0 Å². The average Bonchev–Trinajstić information content (AvgIpc) is 2.36. The highest BCUT2D eigenvalue weighted by atomic mass is 19.1. The molecule has 0 fully saturated rings. The average molecular weight is 230 g/mol. The van der Waals surface area contributed by atoms with Crippen LogP contribution in [0.2, 0.25) is 0 Å². The van der Waals surface area contributed by atoms with Crippen LogP contribution in [0.1, 0.15) is 24.2 Å². The van der Waals surface area contributed by atoms with Gasteiger partial charge in [-0.1, -0.05) is 42.5 Å². The molecule has 0 saturated carbocycles. The van der Waals surface area contributed by atoms with Crippen LogP contribution in [0.25, 0.3) is 0 Å². The van der Waals surface area contributed by atoms with E-state index in [0.29, 0.717) is 11.3 Å². The Labute approximate surface area is 101 Å². The van der Waals surface area contributed by atoms with E-state index in [2.05, 4.69) is 0 Å². The number of benzene rings is 2. The van der Waals surface area contributed by atoms with Gasteiger partial charge in [0.15, 0.2) is 11.6 Å². The summed E-state index contributed by atoms with van der Waals surface area (Å²) in [5, 5.41) is 0. The Balaban J connectivity index is 2.19. The fourth-order valence-electron chi connectivity index (χ4n) is 1.69. The molecule has 1 nitrogen and oxygen atoms in total. The predicted octanol–water partition coefficient (Wildman–Crippen LogP) is 4.27. The van der Waals surface area contributed by atoms with Crippen LogP contribution in [0, 0.1) is 12.7 Å². The lowest BCUT2D eigenvalue weighted by Crippen LogP contribution is -2.04. The molecule has 2 aromatic carbocycles. The molecule has 17 heavy (non-hydrogen) atoms. The second kappa shape index (κ2) is 5.00. The van der Waals surface area contributed by atoms with E-state index in [-0.39, 0.29) is 11.9 Å². The van der Waals surface area contributed by atoms with Crippen LogP contribution in [0.15, 0.2) is 48.5 Å². The van der Waals surface area contributed by atoms with Crippen LogP contribution in [0.4, 0.5) is 4.39 Å². The molecule has 2 aromatic rings. The smallest absolute Gasteiger partial charge is 0.167 e. The van der Waals surface area contributed by atoms with Crippen LogP contribution in [-0.2, 0) is 0 Å². The highest BCUT2D eigenvalue weighted by Gasteiger charge is 2.11. The number of ether oxygens (including phenoxy) is 1. The molecule has 0 aliphatic carbocycles. The van der Waals surface area contributed by atoms with Crippen molar-refractivity contribution in [3.8, 4) is 5.75 Å². The topological polar surface area (TPSA) is 9.23 Å². The van der Waals surface area contributed by atoms with Crippen molar-refractivity contribution in [1.82, 2.24) is 0 Å². The standard InChI is InChI=1S/C15H15FO/c1-11-7-6-10-14(15(11)16)17-12(2)13-8-4-3-5-9-13/h3-10,12H,1-2H3. The van der Waals surface area contributed by atoms with Gasteiger partial charge in [0.2, 0.25) is 0 Å². The Morgan fingerprint density at radius 3 is 2.41 bits per heavy atom. The largest absolute Gasteiger partial charge is 0.483 e. The van der Waals surface area contributed by atoms with E-state index in [1.165, 1.54) is 0 Å². The first-order valence-electron chi connectivity index (χ1n) is 5.65. The van der Waals surface area contributed by atoms with Gasteiger partial charge in [-0.15, -0.1) is 0 Å². The normalized spacial score (nSPS) is 12.2. The molecular formula is C15H15FO. The Bertz CT molecular complexity index is 494. The minimum absolute atomic E-state index is 0.160. The highest BCUT2D eigenvalue weighted by Crippen LogP contribution is 2.25. The minimum Gasteiger partial charge on any atom is -0.483 e. The fraction of sp³-hybridized carbons (Fsp3) is 0.200. The molecule has 1 unspecified atom stereocenters. The zero-order valence-electron chi connectivity index (χ0n) is 9.98. The van der Waals surface area contributed by atoms with Crippen molar-refractivity contribution in [2.75, 3.05) is 0 Å². The molecule has 1 atom stereocenters. The van der Waals surface area contributed by atoms with Crippen molar-refractivity contribution in [2.24, 2.45) is 0 Å². The van der Waals surface area contributed by atoms with E-state index >= 15 is 0 Å². The molecule has 2 heteroatoms. The molecule has 0 aliphatic heterocycles. The van der Waals surface area contributed by atoms with Crippen LogP contribution in [0.5, 0.6) is 5.75 Å². The lowest BCUT2D eigenvalue weighted by Gasteiger charge is -2.16. The molecule has 88 valence electrons. The maximum atomic E-state index is 13.8. The van der Waals surface area contributed by atoms with E-state index in [1.807, 2.05) is 37.3 Å². The second-order valence-electron chi connectivity index (χ2n) is 4.06. The van der Waals surface area contributed by atoms with Gasteiger partial charge >= 0.3 is 0 Å². The zero-order valence-corrected chi connectivity index (χ0v) is 9.98.